The van der Waals surface area contributed by atoms with Crippen molar-refractivity contribution in [3.63, 3.8) is 0 Å². The van der Waals surface area contributed by atoms with Gasteiger partial charge in [0.25, 0.3) is 0 Å². The molecule has 1 aromatic rings. The zero-order valence-corrected chi connectivity index (χ0v) is 8.22. The molecule has 1 heterocycles. The van der Waals surface area contributed by atoms with Crippen molar-refractivity contribution in [2.75, 3.05) is 11.9 Å². The van der Waals surface area contributed by atoms with E-state index in [1.165, 1.54) is 0 Å². The second-order valence-electron chi connectivity index (χ2n) is 3.75. The summed E-state index contributed by atoms with van der Waals surface area (Å²) in [5.41, 5.74) is 0. The lowest BCUT2D eigenvalue weighted by molar-refractivity contribution is 0.222. The molecule has 1 saturated carbocycles. The van der Waals surface area contributed by atoms with Gasteiger partial charge in [-0.25, -0.2) is 4.68 Å². The van der Waals surface area contributed by atoms with Crippen LogP contribution in [0.3, 0.4) is 0 Å². The molecule has 0 saturated heterocycles. The van der Waals surface area contributed by atoms with Gasteiger partial charge in [0.15, 0.2) is 0 Å². The van der Waals surface area contributed by atoms with Crippen molar-refractivity contribution in [3.8, 4) is 0 Å². The van der Waals surface area contributed by atoms with E-state index in [2.05, 4.69) is 20.8 Å². The quantitative estimate of drug-likeness (QED) is 0.700. The van der Waals surface area contributed by atoms with E-state index in [1.54, 1.807) is 11.7 Å². The molecule has 0 aliphatic heterocycles. The molecule has 6 heteroatoms. The van der Waals surface area contributed by atoms with Crippen molar-refractivity contribution in [3.05, 3.63) is 0 Å². The van der Waals surface area contributed by atoms with Crippen molar-refractivity contribution in [2.45, 2.75) is 25.3 Å². The number of aliphatic hydroxyl groups is 1. The predicted molar refractivity (Wildman–Crippen MR) is 50.6 cm³/mol. The minimum absolute atomic E-state index is 0.239. The summed E-state index contributed by atoms with van der Waals surface area (Å²) >= 11 is 0. The molecule has 2 rings (SSSR count). The molecule has 0 aromatic carbocycles. The Labute approximate surface area is 82.3 Å². The molecule has 14 heavy (non-hydrogen) atoms. The maximum atomic E-state index is 9.14. The Morgan fingerprint density at radius 1 is 1.57 bits per heavy atom. The molecule has 1 fully saturated rings. The summed E-state index contributed by atoms with van der Waals surface area (Å²) in [4.78, 5) is 0. The number of hydrogen-bond donors (Lipinski definition) is 2. The van der Waals surface area contributed by atoms with Gasteiger partial charge in [0, 0.05) is 25.6 Å². The van der Waals surface area contributed by atoms with E-state index in [9.17, 15) is 0 Å². The van der Waals surface area contributed by atoms with E-state index in [1.807, 2.05) is 0 Å². The van der Waals surface area contributed by atoms with Crippen LogP contribution in [0.2, 0.25) is 0 Å². The Bertz CT molecular complexity index is 300. The van der Waals surface area contributed by atoms with E-state index in [-0.39, 0.29) is 6.61 Å². The topological polar surface area (TPSA) is 75.9 Å². The Morgan fingerprint density at radius 2 is 2.43 bits per heavy atom. The van der Waals surface area contributed by atoms with Gasteiger partial charge in [0.05, 0.1) is 0 Å². The molecule has 1 aliphatic carbocycles. The van der Waals surface area contributed by atoms with Gasteiger partial charge in [-0.15, -0.1) is 0 Å². The van der Waals surface area contributed by atoms with Gasteiger partial charge in [0.1, 0.15) is 0 Å². The molecule has 2 N–H and O–H groups in total. The molecule has 0 radical (unpaired) electrons. The highest BCUT2D eigenvalue weighted by molar-refractivity contribution is 5.24. The van der Waals surface area contributed by atoms with Crippen LogP contribution in [-0.4, -0.2) is 38.0 Å². The SMILES string of the molecule is Cn1nnnc1NC1CCCC1CO. The number of anilines is 1. The van der Waals surface area contributed by atoms with Crippen LogP contribution < -0.4 is 5.32 Å². The van der Waals surface area contributed by atoms with Crippen molar-refractivity contribution in [1.29, 1.82) is 0 Å². The number of aromatic nitrogens is 4. The lowest BCUT2D eigenvalue weighted by Crippen LogP contribution is -2.27. The number of rotatable bonds is 3. The molecular weight excluding hydrogens is 182 g/mol. The average molecular weight is 197 g/mol. The summed E-state index contributed by atoms with van der Waals surface area (Å²) in [5, 5.41) is 23.5. The first-order valence-corrected chi connectivity index (χ1v) is 4.91. The molecule has 1 aliphatic rings. The molecule has 6 nitrogen and oxygen atoms in total. The summed E-state index contributed by atoms with van der Waals surface area (Å²) < 4.78 is 1.60. The van der Waals surface area contributed by atoms with Crippen molar-refractivity contribution < 1.29 is 5.11 Å². The van der Waals surface area contributed by atoms with Crippen LogP contribution in [0.25, 0.3) is 0 Å². The summed E-state index contributed by atoms with van der Waals surface area (Å²) in [6.07, 6.45) is 3.33. The highest BCUT2D eigenvalue weighted by Gasteiger charge is 2.27. The fourth-order valence-corrected chi connectivity index (χ4v) is 1.96. The van der Waals surface area contributed by atoms with E-state index in [0.717, 1.165) is 19.3 Å². The molecule has 78 valence electrons. The Morgan fingerprint density at radius 3 is 3.07 bits per heavy atom. The first-order chi connectivity index (χ1) is 6.81. The normalized spacial score (nSPS) is 26.7. The van der Waals surface area contributed by atoms with Gasteiger partial charge in [-0.05, 0) is 23.3 Å². The fourth-order valence-electron chi connectivity index (χ4n) is 1.96. The van der Waals surface area contributed by atoms with Crippen LogP contribution in [0.1, 0.15) is 19.3 Å². The summed E-state index contributed by atoms with van der Waals surface area (Å²) in [6, 6.07) is 0.310. The fraction of sp³-hybridized carbons (Fsp3) is 0.875. The molecule has 0 spiro atoms. The van der Waals surface area contributed by atoms with Gasteiger partial charge in [-0.3, -0.25) is 0 Å². The van der Waals surface area contributed by atoms with Crippen LogP contribution in [0.5, 0.6) is 0 Å². The Balaban J connectivity index is 2.00. The number of hydrogen-bond acceptors (Lipinski definition) is 5. The van der Waals surface area contributed by atoms with Gasteiger partial charge in [0.2, 0.25) is 5.95 Å². The van der Waals surface area contributed by atoms with Crippen LogP contribution in [0, 0.1) is 5.92 Å². The molecule has 2 unspecified atom stereocenters. The minimum atomic E-state index is 0.239. The second kappa shape index (κ2) is 3.91. The van der Waals surface area contributed by atoms with Crippen LogP contribution in [0.4, 0.5) is 5.95 Å². The van der Waals surface area contributed by atoms with E-state index in [0.29, 0.717) is 17.9 Å². The van der Waals surface area contributed by atoms with Crippen LogP contribution >= 0.6 is 0 Å². The van der Waals surface area contributed by atoms with Gasteiger partial charge in [-0.1, -0.05) is 11.5 Å². The number of nitrogens with one attached hydrogen (secondary N) is 1. The van der Waals surface area contributed by atoms with Gasteiger partial charge in [-0.2, -0.15) is 0 Å². The Hall–Kier alpha value is -1.17. The number of aryl methyl sites for hydroxylation is 1. The third kappa shape index (κ3) is 1.70. The van der Waals surface area contributed by atoms with Crippen molar-refractivity contribution >= 4 is 5.95 Å². The third-order valence-electron chi connectivity index (χ3n) is 2.83. The van der Waals surface area contributed by atoms with Crippen molar-refractivity contribution in [2.24, 2.45) is 13.0 Å². The number of tetrazole rings is 1. The molecule has 0 bridgehead atoms. The Kier molecular flexibility index (Phi) is 2.62. The van der Waals surface area contributed by atoms with Gasteiger partial charge >= 0.3 is 0 Å². The number of aliphatic hydroxyl groups excluding tert-OH is 1. The third-order valence-corrected chi connectivity index (χ3v) is 2.83. The lowest BCUT2D eigenvalue weighted by atomic mass is 10.1. The molecule has 0 amide bonds. The zero-order valence-electron chi connectivity index (χ0n) is 8.22. The van der Waals surface area contributed by atoms with E-state index in [4.69, 9.17) is 5.11 Å². The molecule has 2 atom stereocenters. The summed E-state index contributed by atoms with van der Waals surface area (Å²) in [6.45, 7) is 0.239. The first kappa shape index (κ1) is 9.39. The highest BCUT2D eigenvalue weighted by atomic mass is 16.3. The van der Waals surface area contributed by atoms with Crippen LogP contribution in [0.15, 0.2) is 0 Å². The van der Waals surface area contributed by atoms with Crippen molar-refractivity contribution in [1.82, 2.24) is 20.2 Å². The van der Waals surface area contributed by atoms with Gasteiger partial charge < -0.3 is 10.4 Å². The zero-order chi connectivity index (χ0) is 9.97. The molecular formula is C8H15N5O. The smallest absolute Gasteiger partial charge is 0.242 e. The van der Waals surface area contributed by atoms with Crippen LogP contribution in [-0.2, 0) is 7.05 Å². The summed E-state index contributed by atoms with van der Waals surface area (Å²) in [5.74, 6) is 1.02. The lowest BCUT2D eigenvalue weighted by Gasteiger charge is -2.18. The maximum absolute atomic E-state index is 9.14. The monoisotopic (exact) mass is 197 g/mol. The summed E-state index contributed by atoms with van der Waals surface area (Å²) in [7, 11) is 1.80. The molecule has 1 aromatic heterocycles. The second-order valence-corrected chi connectivity index (χ2v) is 3.75. The first-order valence-electron chi connectivity index (χ1n) is 4.91. The largest absolute Gasteiger partial charge is 0.396 e. The highest BCUT2D eigenvalue weighted by Crippen LogP contribution is 2.27. The standard InChI is InChI=1S/C8H15N5O/c1-13-8(10-11-12-13)9-7-4-2-3-6(7)5-14/h6-7,14H,2-5H2,1H3,(H,9,10,12). The predicted octanol–water partition coefficient (Wildman–Crippen LogP) is -0.217. The van der Waals surface area contributed by atoms with E-state index < -0.39 is 0 Å². The average Bonchev–Trinajstić information content (AvgIpc) is 2.77. The maximum Gasteiger partial charge on any atom is 0.242 e. The minimum Gasteiger partial charge on any atom is -0.396 e. The number of nitrogens with zero attached hydrogens (tertiary/aromatic N) is 4. The van der Waals surface area contributed by atoms with E-state index >= 15 is 0 Å².